The standard InChI is InChI=1S/C27H22ClNO4/c1-18-25(27(31)32-2)24(26(30)29(18)22-10-6-9-21(28)16-22)15-19-11-13-23(14-12-19)33-17-20-7-4-3-5-8-20/h3-16H,17H2,1-2H3/b24-15-. The minimum absolute atomic E-state index is 0.229. The van der Waals surface area contributed by atoms with Crippen LogP contribution in [0.15, 0.2) is 95.7 Å². The second-order valence-corrected chi connectivity index (χ2v) is 7.91. The smallest absolute Gasteiger partial charge is 0.340 e. The molecule has 0 unspecified atom stereocenters. The number of rotatable bonds is 6. The first-order chi connectivity index (χ1) is 16.0. The number of hydrogen-bond acceptors (Lipinski definition) is 4. The number of carbonyl (C=O) groups is 2. The van der Waals surface area contributed by atoms with Gasteiger partial charge in [-0.2, -0.15) is 0 Å². The van der Waals surface area contributed by atoms with Gasteiger partial charge in [-0.3, -0.25) is 9.69 Å². The van der Waals surface area contributed by atoms with Crippen LogP contribution in [0.2, 0.25) is 5.02 Å². The summed E-state index contributed by atoms with van der Waals surface area (Å²) in [5.41, 5.74) is 3.39. The van der Waals surface area contributed by atoms with Gasteiger partial charge in [0.15, 0.2) is 0 Å². The van der Waals surface area contributed by atoms with Crippen LogP contribution in [0, 0.1) is 0 Å². The van der Waals surface area contributed by atoms with Gasteiger partial charge in [0.25, 0.3) is 5.91 Å². The van der Waals surface area contributed by atoms with Gasteiger partial charge in [-0.25, -0.2) is 4.79 Å². The van der Waals surface area contributed by atoms with Gasteiger partial charge < -0.3 is 9.47 Å². The average molecular weight is 460 g/mol. The molecule has 0 aromatic heterocycles. The van der Waals surface area contributed by atoms with Gasteiger partial charge in [0.1, 0.15) is 12.4 Å². The number of allylic oxidation sites excluding steroid dienone is 1. The Labute approximate surface area is 197 Å². The predicted molar refractivity (Wildman–Crippen MR) is 129 cm³/mol. The van der Waals surface area contributed by atoms with E-state index in [-0.39, 0.29) is 17.1 Å². The summed E-state index contributed by atoms with van der Waals surface area (Å²) in [5, 5.41) is 0.497. The number of halogens is 1. The van der Waals surface area contributed by atoms with E-state index in [2.05, 4.69) is 0 Å². The Kier molecular flexibility index (Phi) is 6.61. The Balaban J connectivity index is 1.61. The van der Waals surface area contributed by atoms with Crippen LogP contribution < -0.4 is 9.64 Å². The van der Waals surface area contributed by atoms with E-state index in [4.69, 9.17) is 21.1 Å². The van der Waals surface area contributed by atoms with Crippen molar-refractivity contribution in [2.45, 2.75) is 13.5 Å². The maximum Gasteiger partial charge on any atom is 0.340 e. The van der Waals surface area contributed by atoms with Crippen molar-refractivity contribution < 1.29 is 19.1 Å². The number of benzene rings is 3. The molecule has 1 amide bonds. The van der Waals surface area contributed by atoms with Crippen LogP contribution in [0.3, 0.4) is 0 Å². The van der Waals surface area contributed by atoms with E-state index in [0.29, 0.717) is 28.8 Å². The SMILES string of the molecule is COC(=O)C1=C(C)N(c2cccc(Cl)c2)C(=O)/C1=C\c1ccc(OCc2ccccc2)cc1. The molecular formula is C27H22ClNO4. The third-order valence-electron chi connectivity index (χ3n) is 5.30. The molecule has 0 saturated carbocycles. The minimum Gasteiger partial charge on any atom is -0.489 e. The second-order valence-electron chi connectivity index (χ2n) is 7.47. The molecule has 3 aromatic rings. The summed E-state index contributed by atoms with van der Waals surface area (Å²) in [7, 11) is 1.30. The number of nitrogens with zero attached hydrogens (tertiary/aromatic N) is 1. The van der Waals surface area contributed by atoms with Crippen LogP contribution in [0.4, 0.5) is 5.69 Å². The highest BCUT2D eigenvalue weighted by atomic mass is 35.5. The van der Waals surface area contributed by atoms with Gasteiger partial charge in [-0.1, -0.05) is 60.1 Å². The van der Waals surface area contributed by atoms with Crippen molar-refractivity contribution in [1.29, 1.82) is 0 Å². The van der Waals surface area contributed by atoms with Crippen LogP contribution in [-0.2, 0) is 20.9 Å². The summed E-state index contributed by atoms with van der Waals surface area (Å²) in [5.74, 6) is -0.182. The predicted octanol–water partition coefficient (Wildman–Crippen LogP) is 5.80. The monoisotopic (exact) mass is 459 g/mol. The van der Waals surface area contributed by atoms with Crippen LogP contribution in [0.1, 0.15) is 18.1 Å². The Morgan fingerprint density at radius 2 is 1.73 bits per heavy atom. The lowest BCUT2D eigenvalue weighted by atomic mass is 10.0. The van der Waals surface area contributed by atoms with E-state index in [9.17, 15) is 9.59 Å². The zero-order valence-electron chi connectivity index (χ0n) is 18.2. The number of ether oxygens (including phenoxy) is 2. The molecule has 0 bridgehead atoms. The lowest BCUT2D eigenvalue weighted by molar-refractivity contribution is -0.136. The zero-order valence-corrected chi connectivity index (χ0v) is 19.0. The lowest BCUT2D eigenvalue weighted by Crippen LogP contribution is -2.24. The molecule has 1 aliphatic rings. The van der Waals surface area contributed by atoms with E-state index in [1.807, 2.05) is 54.6 Å². The maximum absolute atomic E-state index is 13.3. The molecule has 0 spiro atoms. The number of hydrogen-bond donors (Lipinski definition) is 0. The number of carbonyl (C=O) groups excluding carboxylic acids is 2. The Morgan fingerprint density at radius 3 is 2.39 bits per heavy atom. The average Bonchev–Trinajstić information content (AvgIpc) is 3.08. The Morgan fingerprint density at radius 1 is 1.00 bits per heavy atom. The van der Waals surface area contributed by atoms with E-state index in [1.165, 1.54) is 12.0 Å². The molecule has 0 aliphatic carbocycles. The van der Waals surface area contributed by atoms with E-state index in [0.717, 1.165) is 11.1 Å². The number of amides is 1. The van der Waals surface area contributed by atoms with Crippen LogP contribution in [0.25, 0.3) is 6.08 Å². The Bertz CT molecular complexity index is 1250. The summed E-state index contributed by atoms with van der Waals surface area (Å²) in [6, 6.07) is 24.2. The maximum atomic E-state index is 13.3. The molecule has 3 aromatic carbocycles. The molecule has 4 rings (SSSR count). The fourth-order valence-electron chi connectivity index (χ4n) is 3.67. The molecule has 0 saturated heterocycles. The molecule has 0 radical (unpaired) electrons. The molecule has 0 N–H and O–H groups in total. The van der Waals surface area contributed by atoms with Gasteiger partial charge in [-0.15, -0.1) is 0 Å². The number of anilines is 1. The quantitative estimate of drug-likeness (QED) is 0.345. The van der Waals surface area contributed by atoms with Crippen LogP contribution in [-0.4, -0.2) is 19.0 Å². The molecule has 166 valence electrons. The molecule has 6 heteroatoms. The topological polar surface area (TPSA) is 55.8 Å². The Hall–Kier alpha value is -3.83. The third-order valence-corrected chi connectivity index (χ3v) is 5.53. The van der Waals surface area contributed by atoms with Crippen molar-refractivity contribution in [2.24, 2.45) is 0 Å². The van der Waals surface area contributed by atoms with E-state index >= 15 is 0 Å². The number of methoxy groups -OCH3 is 1. The fourth-order valence-corrected chi connectivity index (χ4v) is 3.86. The van der Waals surface area contributed by atoms with E-state index in [1.54, 1.807) is 37.3 Å². The summed E-state index contributed by atoms with van der Waals surface area (Å²) in [6.45, 7) is 2.18. The third kappa shape index (κ3) is 4.83. The van der Waals surface area contributed by atoms with Gasteiger partial charge in [0.05, 0.1) is 23.9 Å². The second kappa shape index (κ2) is 9.76. The van der Waals surface area contributed by atoms with Gasteiger partial charge in [-0.05, 0) is 54.5 Å². The van der Waals surface area contributed by atoms with Crippen molar-refractivity contribution >= 4 is 35.2 Å². The van der Waals surface area contributed by atoms with Crippen LogP contribution in [0.5, 0.6) is 5.75 Å². The largest absolute Gasteiger partial charge is 0.489 e. The fraction of sp³-hybridized carbons (Fsp3) is 0.111. The van der Waals surface area contributed by atoms with Crippen LogP contribution >= 0.6 is 11.6 Å². The molecule has 5 nitrogen and oxygen atoms in total. The van der Waals surface area contributed by atoms with Crippen molar-refractivity contribution in [3.63, 3.8) is 0 Å². The highest BCUT2D eigenvalue weighted by molar-refractivity contribution is 6.31. The lowest BCUT2D eigenvalue weighted by Gasteiger charge is -2.18. The van der Waals surface area contributed by atoms with Gasteiger partial charge in [0, 0.05) is 10.7 Å². The van der Waals surface area contributed by atoms with Crippen molar-refractivity contribution in [1.82, 2.24) is 0 Å². The molecule has 0 fully saturated rings. The molecule has 0 atom stereocenters. The zero-order chi connectivity index (χ0) is 23.4. The summed E-state index contributed by atoms with van der Waals surface area (Å²) in [4.78, 5) is 27.3. The van der Waals surface area contributed by atoms with Crippen molar-refractivity contribution in [3.05, 3.63) is 112 Å². The minimum atomic E-state index is -0.570. The van der Waals surface area contributed by atoms with Gasteiger partial charge >= 0.3 is 5.97 Å². The summed E-state index contributed by atoms with van der Waals surface area (Å²) >= 11 is 6.12. The normalized spacial score (nSPS) is 14.7. The highest BCUT2D eigenvalue weighted by Crippen LogP contribution is 2.36. The molecular weight excluding hydrogens is 438 g/mol. The highest BCUT2D eigenvalue weighted by Gasteiger charge is 2.37. The van der Waals surface area contributed by atoms with Crippen molar-refractivity contribution in [3.8, 4) is 5.75 Å². The summed E-state index contributed by atoms with van der Waals surface area (Å²) in [6.07, 6.45) is 1.68. The first-order valence-corrected chi connectivity index (χ1v) is 10.7. The molecule has 33 heavy (non-hydrogen) atoms. The van der Waals surface area contributed by atoms with Crippen molar-refractivity contribution in [2.75, 3.05) is 12.0 Å². The van der Waals surface area contributed by atoms with Gasteiger partial charge in [0.2, 0.25) is 0 Å². The molecule has 1 aliphatic heterocycles. The first-order valence-electron chi connectivity index (χ1n) is 10.4. The molecule has 1 heterocycles. The first kappa shape index (κ1) is 22.4. The summed E-state index contributed by atoms with van der Waals surface area (Å²) < 4.78 is 10.8. The number of esters is 1. The van der Waals surface area contributed by atoms with E-state index < -0.39 is 5.97 Å².